The van der Waals surface area contributed by atoms with Crippen LogP contribution in [0.3, 0.4) is 0 Å². The first kappa shape index (κ1) is 23.5. The fourth-order valence-corrected chi connectivity index (χ4v) is 4.04. The Labute approximate surface area is 200 Å². The average Bonchev–Trinajstić information content (AvgIpc) is 3.47. The molecule has 2 aliphatic rings. The van der Waals surface area contributed by atoms with Gasteiger partial charge in [-0.3, -0.25) is 9.79 Å². The van der Waals surface area contributed by atoms with Crippen LogP contribution in [0, 0.1) is 0 Å². The van der Waals surface area contributed by atoms with Gasteiger partial charge in [-0.05, 0) is 18.4 Å². The molecule has 4 rings (SSSR count). The van der Waals surface area contributed by atoms with Crippen molar-refractivity contribution in [1.29, 1.82) is 0 Å². The number of nitrogens with one attached hydrogen (secondary N) is 1. The smallest absolute Gasteiger partial charge is 0.251 e. The predicted molar refractivity (Wildman–Crippen MR) is 131 cm³/mol. The second-order valence-corrected chi connectivity index (χ2v) is 7.67. The van der Waals surface area contributed by atoms with E-state index in [0.717, 1.165) is 44.3 Å². The Balaban J connectivity index is 0.00000272. The van der Waals surface area contributed by atoms with Crippen LogP contribution in [0.15, 0.2) is 47.7 Å². The summed E-state index contributed by atoms with van der Waals surface area (Å²) in [5.41, 5.74) is 1.24. The molecule has 1 aromatic heterocycles. The van der Waals surface area contributed by atoms with Gasteiger partial charge in [0.05, 0.1) is 6.54 Å². The summed E-state index contributed by atoms with van der Waals surface area (Å²) in [5.74, 6) is 1.94. The number of carbonyl (C=O) groups excluding carboxylic acids is 1. The molecule has 0 spiro atoms. The number of guanidine groups is 1. The number of ether oxygens (including phenoxy) is 1. The van der Waals surface area contributed by atoms with Crippen LogP contribution in [0.4, 0.5) is 0 Å². The van der Waals surface area contributed by atoms with Gasteiger partial charge in [0, 0.05) is 58.8 Å². The molecule has 31 heavy (non-hydrogen) atoms. The van der Waals surface area contributed by atoms with Crippen LogP contribution >= 0.6 is 24.0 Å². The molecular weight excluding hydrogens is 507 g/mol. The van der Waals surface area contributed by atoms with E-state index in [1.165, 1.54) is 5.56 Å². The van der Waals surface area contributed by atoms with Gasteiger partial charge >= 0.3 is 0 Å². The molecule has 1 N–H and O–H groups in total. The van der Waals surface area contributed by atoms with Crippen LogP contribution in [0.2, 0.25) is 0 Å². The zero-order valence-electron chi connectivity index (χ0n) is 17.9. The molecule has 2 aliphatic heterocycles. The lowest BCUT2D eigenvalue weighted by molar-refractivity contribution is -0.142. The summed E-state index contributed by atoms with van der Waals surface area (Å²) >= 11 is 0. The molecule has 1 aromatic carbocycles. The molecule has 1 amide bonds. The van der Waals surface area contributed by atoms with Crippen LogP contribution < -0.4 is 5.32 Å². The van der Waals surface area contributed by atoms with Crippen LogP contribution in [0.25, 0.3) is 0 Å². The van der Waals surface area contributed by atoms with Crippen molar-refractivity contribution in [3.05, 3.63) is 54.1 Å². The molecule has 3 heterocycles. The zero-order valence-corrected chi connectivity index (χ0v) is 20.3. The lowest BCUT2D eigenvalue weighted by Crippen LogP contribution is -2.55. The highest BCUT2D eigenvalue weighted by Gasteiger charge is 2.30. The second kappa shape index (κ2) is 11.5. The van der Waals surface area contributed by atoms with E-state index >= 15 is 0 Å². The zero-order chi connectivity index (χ0) is 20.8. The summed E-state index contributed by atoms with van der Waals surface area (Å²) in [6.45, 7) is 5.01. The first-order valence-electron chi connectivity index (χ1n) is 10.6. The van der Waals surface area contributed by atoms with Crippen molar-refractivity contribution >= 4 is 35.8 Å². The summed E-state index contributed by atoms with van der Waals surface area (Å²) < 4.78 is 7.69. The fraction of sp³-hybridized carbons (Fsp3) is 0.500. The van der Waals surface area contributed by atoms with E-state index in [4.69, 9.17) is 4.74 Å². The standard InChI is InChI=1S/C22H30N6O2.HI/c1-23-22(27-13-11-26(12-14-27)21(29)19-8-5-15-30-19)25-16-20-24-9-10-28(20)17-18-6-3-2-4-7-18;/h2-4,6-7,9-10,19H,5,8,11-17H2,1H3,(H,23,25);1H. The molecule has 0 radical (unpaired) electrons. The molecule has 2 aromatic rings. The van der Waals surface area contributed by atoms with Gasteiger partial charge in [0.1, 0.15) is 11.9 Å². The van der Waals surface area contributed by atoms with E-state index in [0.29, 0.717) is 26.2 Å². The molecular formula is C22H31IN6O2. The van der Waals surface area contributed by atoms with E-state index in [1.807, 2.05) is 23.4 Å². The van der Waals surface area contributed by atoms with E-state index in [1.54, 1.807) is 7.05 Å². The number of amides is 1. The number of benzene rings is 1. The Bertz CT molecular complexity index is 858. The van der Waals surface area contributed by atoms with E-state index < -0.39 is 0 Å². The minimum absolute atomic E-state index is 0. The lowest BCUT2D eigenvalue weighted by atomic mass is 10.2. The minimum atomic E-state index is -0.238. The topological polar surface area (TPSA) is 75.0 Å². The first-order chi connectivity index (χ1) is 14.7. The van der Waals surface area contributed by atoms with Gasteiger partial charge in [0.25, 0.3) is 5.91 Å². The summed E-state index contributed by atoms with van der Waals surface area (Å²) in [6.07, 6.45) is 5.42. The number of hydrogen-bond donors (Lipinski definition) is 1. The highest BCUT2D eigenvalue weighted by Crippen LogP contribution is 2.16. The third-order valence-electron chi connectivity index (χ3n) is 5.71. The summed E-state index contributed by atoms with van der Waals surface area (Å²) in [6, 6.07) is 10.4. The van der Waals surface area contributed by atoms with Gasteiger partial charge < -0.3 is 24.4 Å². The molecule has 0 saturated carbocycles. The highest BCUT2D eigenvalue weighted by molar-refractivity contribution is 14.0. The molecule has 2 saturated heterocycles. The summed E-state index contributed by atoms with van der Waals surface area (Å²) in [5, 5.41) is 3.43. The number of aromatic nitrogens is 2. The lowest BCUT2D eigenvalue weighted by Gasteiger charge is -2.37. The Morgan fingerprint density at radius 3 is 2.61 bits per heavy atom. The van der Waals surface area contributed by atoms with E-state index in [2.05, 4.69) is 49.0 Å². The number of nitrogens with zero attached hydrogens (tertiary/aromatic N) is 5. The van der Waals surface area contributed by atoms with Crippen LogP contribution in [0.1, 0.15) is 24.2 Å². The molecule has 9 heteroatoms. The molecule has 8 nitrogen and oxygen atoms in total. The maximum atomic E-state index is 12.5. The van der Waals surface area contributed by atoms with Gasteiger partial charge in [-0.25, -0.2) is 4.98 Å². The average molecular weight is 538 g/mol. The maximum absolute atomic E-state index is 12.5. The normalized spacial score (nSPS) is 19.3. The number of rotatable bonds is 5. The first-order valence-corrected chi connectivity index (χ1v) is 10.6. The molecule has 0 bridgehead atoms. The number of carbonyl (C=O) groups is 1. The third kappa shape index (κ3) is 5.97. The maximum Gasteiger partial charge on any atom is 0.251 e. The largest absolute Gasteiger partial charge is 0.368 e. The monoisotopic (exact) mass is 538 g/mol. The minimum Gasteiger partial charge on any atom is -0.368 e. The predicted octanol–water partition coefficient (Wildman–Crippen LogP) is 1.95. The van der Waals surface area contributed by atoms with Crippen molar-refractivity contribution in [3.8, 4) is 0 Å². The van der Waals surface area contributed by atoms with Crippen molar-refractivity contribution in [2.45, 2.75) is 32.0 Å². The van der Waals surface area contributed by atoms with E-state index in [9.17, 15) is 4.79 Å². The van der Waals surface area contributed by atoms with Crippen molar-refractivity contribution in [2.24, 2.45) is 4.99 Å². The van der Waals surface area contributed by atoms with Gasteiger partial charge in [-0.2, -0.15) is 0 Å². The number of aliphatic imine (C=N–C) groups is 1. The number of piperazine rings is 1. The third-order valence-corrected chi connectivity index (χ3v) is 5.71. The number of imidazole rings is 1. The number of halogens is 1. The SMILES string of the molecule is CN=C(NCc1nccn1Cc1ccccc1)N1CCN(C(=O)C2CCCO2)CC1.I. The molecule has 168 valence electrons. The van der Waals surface area contributed by atoms with Gasteiger partial charge in [0.15, 0.2) is 5.96 Å². The fourth-order valence-electron chi connectivity index (χ4n) is 4.04. The molecule has 1 unspecified atom stereocenters. The highest BCUT2D eigenvalue weighted by atomic mass is 127. The van der Waals surface area contributed by atoms with Crippen molar-refractivity contribution in [2.75, 3.05) is 39.8 Å². The summed E-state index contributed by atoms with van der Waals surface area (Å²) in [4.78, 5) is 25.6. The molecule has 1 atom stereocenters. The Morgan fingerprint density at radius 1 is 1.19 bits per heavy atom. The molecule has 2 fully saturated rings. The van der Waals surface area contributed by atoms with E-state index in [-0.39, 0.29) is 36.0 Å². The molecule has 0 aliphatic carbocycles. The Morgan fingerprint density at radius 2 is 1.94 bits per heavy atom. The quantitative estimate of drug-likeness (QED) is 0.358. The van der Waals surface area contributed by atoms with Crippen LogP contribution in [-0.4, -0.2) is 77.2 Å². The van der Waals surface area contributed by atoms with Gasteiger partial charge in [-0.1, -0.05) is 30.3 Å². The summed E-state index contributed by atoms with van der Waals surface area (Å²) in [7, 11) is 1.79. The van der Waals surface area contributed by atoms with Crippen molar-refractivity contribution in [1.82, 2.24) is 24.7 Å². The van der Waals surface area contributed by atoms with Crippen molar-refractivity contribution in [3.63, 3.8) is 0 Å². The van der Waals surface area contributed by atoms with Gasteiger partial charge in [-0.15, -0.1) is 24.0 Å². The Hall–Kier alpha value is -2.14. The van der Waals surface area contributed by atoms with Crippen molar-refractivity contribution < 1.29 is 9.53 Å². The number of hydrogen-bond acceptors (Lipinski definition) is 4. The van der Waals surface area contributed by atoms with Gasteiger partial charge in [0.2, 0.25) is 0 Å². The Kier molecular flexibility index (Phi) is 8.70. The van der Waals surface area contributed by atoms with Crippen LogP contribution in [0.5, 0.6) is 0 Å². The second-order valence-electron chi connectivity index (χ2n) is 7.67. The van der Waals surface area contributed by atoms with Crippen LogP contribution in [-0.2, 0) is 22.6 Å².